The molecule has 6 heteroatoms. The van der Waals surface area contributed by atoms with Gasteiger partial charge >= 0.3 is 0 Å². The number of pyridine rings is 1. The maximum atomic E-state index is 12.4. The molecular formula is C18H18N4O2. The van der Waals surface area contributed by atoms with Crippen molar-refractivity contribution < 1.29 is 9.32 Å². The molecule has 0 aliphatic heterocycles. The van der Waals surface area contributed by atoms with Crippen LogP contribution in [0.3, 0.4) is 0 Å². The fourth-order valence-corrected chi connectivity index (χ4v) is 2.35. The van der Waals surface area contributed by atoms with E-state index in [1.165, 1.54) is 6.20 Å². The van der Waals surface area contributed by atoms with Crippen molar-refractivity contribution in [2.24, 2.45) is 0 Å². The van der Waals surface area contributed by atoms with Gasteiger partial charge < -0.3 is 15.2 Å². The highest BCUT2D eigenvalue weighted by molar-refractivity contribution is 6.05. The van der Waals surface area contributed by atoms with E-state index in [1.807, 2.05) is 39.0 Å². The van der Waals surface area contributed by atoms with Gasteiger partial charge in [-0.1, -0.05) is 22.9 Å². The molecule has 3 aromatic rings. The lowest BCUT2D eigenvalue weighted by atomic mass is 10.1. The van der Waals surface area contributed by atoms with Gasteiger partial charge in [-0.05, 0) is 38.5 Å². The van der Waals surface area contributed by atoms with Crippen molar-refractivity contribution in [3.63, 3.8) is 0 Å². The van der Waals surface area contributed by atoms with Gasteiger partial charge in [-0.15, -0.1) is 0 Å². The fourth-order valence-electron chi connectivity index (χ4n) is 2.35. The molecule has 0 saturated heterocycles. The Kier molecular flexibility index (Phi) is 4.29. The van der Waals surface area contributed by atoms with E-state index in [0.29, 0.717) is 22.8 Å². The third-order valence-corrected chi connectivity index (χ3v) is 3.53. The Balaban J connectivity index is 1.76. The predicted molar refractivity (Wildman–Crippen MR) is 92.6 cm³/mol. The summed E-state index contributed by atoms with van der Waals surface area (Å²) >= 11 is 0. The number of rotatable bonds is 4. The lowest BCUT2D eigenvalue weighted by Gasteiger charge is -2.10. The molecule has 0 aliphatic carbocycles. The molecule has 2 heterocycles. The first kappa shape index (κ1) is 15.7. The SMILES string of the molecule is Cc1ccc(NC(=O)c2cncc(Nc3cc(C)on3)c2)c(C)c1. The minimum atomic E-state index is -0.213. The van der Waals surface area contributed by atoms with Crippen LogP contribution in [-0.2, 0) is 0 Å². The molecule has 6 nitrogen and oxygen atoms in total. The van der Waals surface area contributed by atoms with Crippen molar-refractivity contribution in [1.82, 2.24) is 10.1 Å². The van der Waals surface area contributed by atoms with E-state index >= 15 is 0 Å². The van der Waals surface area contributed by atoms with Gasteiger partial charge in [-0.25, -0.2) is 0 Å². The van der Waals surface area contributed by atoms with Crippen LogP contribution in [0.5, 0.6) is 0 Å². The first-order valence-corrected chi connectivity index (χ1v) is 7.55. The monoisotopic (exact) mass is 322 g/mol. The molecule has 2 N–H and O–H groups in total. The van der Waals surface area contributed by atoms with Crippen LogP contribution >= 0.6 is 0 Å². The number of carbonyl (C=O) groups is 1. The minimum Gasteiger partial charge on any atom is -0.360 e. The van der Waals surface area contributed by atoms with E-state index in [0.717, 1.165) is 16.8 Å². The van der Waals surface area contributed by atoms with Crippen molar-refractivity contribution in [3.05, 3.63) is 65.2 Å². The van der Waals surface area contributed by atoms with Crippen molar-refractivity contribution in [1.29, 1.82) is 0 Å². The summed E-state index contributed by atoms with van der Waals surface area (Å²) in [6, 6.07) is 9.37. The zero-order chi connectivity index (χ0) is 17.1. The van der Waals surface area contributed by atoms with Gasteiger partial charge in [-0.3, -0.25) is 9.78 Å². The maximum absolute atomic E-state index is 12.4. The van der Waals surface area contributed by atoms with Gasteiger partial charge in [0.15, 0.2) is 5.82 Å². The van der Waals surface area contributed by atoms with Gasteiger partial charge in [-0.2, -0.15) is 0 Å². The number of carbonyl (C=O) groups excluding carboxylic acids is 1. The molecule has 0 spiro atoms. The van der Waals surface area contributed by atoms with Gasteiger partial charge in [0.1, 0.15) is 5.76 Å². The predicted octanol–water partition coefficient (Wildman–Crippen LogP) is 3.99. The fraction of sp³-hybridized carbons (Fsp3) is 0.167. The second-order valence-electron chi connectivity index (χ2n) is 5.68. The molecule has 0 fully saturated rings. The van der Waals surface area contributed by atoms with Crippen molar-refractivity contribution >= 4 is 23.1 Å². The minimum absolute atomic E-state index is 0.213. The molecule has 1 amide bonds. The third kappa shape index (κ3) is 3.60. The Hall–Kier alpha value is -3.15. The number of benzene rings is 1. The lowest BCUT2D eigenvalue weighted by Crippen LogP contribution is -2.13. The number of nitrogens with zero attached hydrogens (tertiary/aromatic N) is 2. The second-order valence-corrected chi connectivity index (χ2v) is 5.68. The zero-order valence-electron chi connectivity index (χ0n) is 13.8. The first-order valence-electron chi connectivity index (χ1n) is 7.55. The second kappa shape index (κ2) is 6.54. The summed E-state index contributed by atoms with van der Waals surface area (Å²) in [5, 5.41) is 9.82. The molecular weight excluding hydrogens is 304 g/mol. The summed E-state index contributed by atoms with van der Waals surface area (Å²) in [6.45, 7) is 5.79. The molecule has 2 aromatic heterocycles. The van der Waals surface area contributed by atoms with Crippen molar-refractivity contribution in [2.45, 2.75) is 20.8 Å². The number of anilines is 3. The molecule has 24 heavy (non-hydrogen) atoms. The maximum Gasteiger partial charge on any atom is 0.257 e. The highest BCUT2D eigenvalue weighted by Gasteiger charge is 2.10. The Morgan fingerprint density at radius 2 is 1.92 bits per heavy atom. The zero-order valence-corrected chi connectivity index (χ0v) is 13.8. The smallest absolute Gasteiger partial charge is 0.257 e. The van der Waals surface area contributed by atoms with Crippen LogP contribution in [-0.4, -0.2) is 16.0 Å². The summed E-state index contributed by atoms with van der Waals surface area (Å²) in [6.07, 6.45) is 3.15. The standard InChI is InChI=1S/C18H18N4O2/c1-11-4-5-16(12(2)6-11)21-18(23)14-8-15(10-19-9-14)20-17-7-13(3)24-22-17/h4-10H,1-3H3,(H,20,22)(H,21,23). The van der Waals surface area contributed by atoms with Crippen LogP contribution in [0, 0.1) is 20.8 Å². The number of nitrogens with one attached hydrogen (secondary N) is 2. The first-order chi connectivity index (χ1) is 11.5. The Labute approximate surface area is 139 Å². The molecule has 0 bridgehead atoms. The Morgan fingerprint density at radius 3 is 2.62 bits per heavy atom. The molecule has 0 unspecified atom stereocenters. The summed E-state index contributed by atoms with van der Waals surface area (Å²) in [5.74, 6) is 1.06. The molecule has 122 valence electrons. The van der Waals surface area contributed by atoms with E-state index in [4.69, 9.17) is 4.52 Å². The van der Waals surface area contributed by atoms with E-state index < -0.39 is 0 Å². The Morgan fingerprint density at radius 1 is 1.08 bits per heavy atom. The van der Waals surface area contributed by atoms with Gasteiger partial charge in [0.2, 0.25) is 0 Å². The normalized spacial score (nSPS) is 10.5. The number of aromatic nitrogens is 2. The van der Waals surface area contributed by atoms with Crippen molar-refractivity contribution in [2.75, 3.05) is 10.6 Å². The highest BCUT2D eigenvalue weighted by atomic mass is 16.5. The van der Waals surface area contributed by atoms with Crippen LogP contribution < -0.4 is 10.6 Å². The summed E-state index contributed by atoms with van der Waals surface area (Å²) in [7, 11) is 0. The van der Waals surface area contributed by atoms with E-state index in [1.54, 1.807) is 18.3 Å². The number of aryl methyl sites for hydroxylation is 3. The summed E-state index contributed by atoms with van der Waals surface area (Å²) < 4.78 is 5.00. The quantitative estimate of drug-likeness (QED) is 0.759. The number of amides is 1. The Bertz CT molecular complexity index is 886. The molecule has 0 radical (unpaired) electrons. The van der Waals surface area contributed by atoms with E-state index in [-0.39, 0.29) is 5.91 Å². The lowest BCUT2D eigenvalue weighted by molar-refractivity contribution is 0.102. The highest BCUT2D eigenvalue weighted by Crippen LogP contribution is 2.19. The van der Waals surface area contributed by atoms with Crippen LogP contribution in [0.25, 0.3) is 0 Å². The van der Waals surface area contributed by atoms with Gasteiger partial charge in [0.25, 0.3) is 5.91 Å². The number of hydrogen-bond acceptors (Lipinski definition) is 5. The molecule has 0 saturated carbocycles. The average Bonchev–Trinajstić information content (AvgIpc) is 2.95. The molecule has 0 atom stereocenters. The van der Waals surface area contributed by atoms with Crippen LogP contribution in [0.15, 0.2) is 47.2 Å². The van der Waals surface area contributed by atoms with Gasteiger partial charge in [0, 0.05) is 18.0 Å². The van der Waals surface area contributed by atoms with Crippen LogP contribution in [0.2, 0.25) is 0 Å². The third-order valence-electron chi connectivity index (χ3n) is 3.53. The summed E-state index contributed by atoms with van der Waals surface area (Å²) in [4.78, 5) is 16.6. The largest absolute Gasteiger partial charge is 0.360 e. The van der Waals surface area contributed by atoms with Crippen LogP contribution in [0.1, 0.15) is 27.2 Å². The summed E-state index contributed by atoms with van der Waals surface area (Å²) in [5.41, 5.74) is 4.08. The molecule has 0 aliphatic rings. The molecule has 1 aromatic carbocycles. The van der Waals surface area contributed by atoms with E-state index in [9.17, 15) is 4.79 Å². The van der Waals surface area contributed by atoms with Crippen molar-refractivity contribution in [3.8, 4) is 0 Å². The van der Waals surface area contributed by atoms with E-state index in [2.05, 4.69) is 20.8 Å². The number of hydrogen-bond donors (Lipinski definition) is 2. The topological polar surface area (TPSA) is 80.0 Å². The average molecular weight is 322 g/mol. The molecule has 3 rings (SSSR count). The van der Waals surface area contributed by atoms with Crippen LogP contribution in [0.4, 0.5) is 17.2 Å². The van der Waals surface area contributed by atoms with Gasteiger partial charge in [0.05, 0.1) is 17.4 Å².